The molecule has 94 valence electrons. The fourth-order valence-electron chi connectivity index (χ4n) is 2.55. The average Bonchev–Trinajstić information content (AvgIpc) is 2.57. The van der Waals surface area contributed by atoms with Gasteiger partial charge in [-0.2, -0.15) is 0 Å². The summed E-state index contributed by atoms with van der Waals surface area (Å²) >= 11 is 0. The average molecular weight is 238 g/mol. The summed E-state index contributed by atoms with van der Waals surface area (Å²) in [4.78, 5) is 0. The molecule has 3 heteroatoms. The van der Waals surface area contributed by atoms with E-state index in [2.05, 4.69) is 6.92 Å². The molecule has 1 aromatic carbocycles. The van der Waals surface area contributed by atoms with Crippen molar-refractivity contribution in [2.24, 2.45) is 5.92 Å². The molecule has 0 aromatic heterocycles. The lowest BCUT2D eigenvalue weighted by atomic mass is 9.95. The van der Waals surface area contributed by atoms with Crippen LogP contribution in [0.15, 0.2) is 18.2 Å². The van der Waals surface area contributed by atoms with Gasteiger partial charge < -0.3 is 9.84 Å². The smallest absolute Gasteiger partial charge is 0.123 e. The van der Waals surface area contributed by atoms with Crippen LogP contribution < -0.4 is 4.74 Å². The van der Waals surface area contributed by atoms with E-state index >= 15 is 0 Å². The second-order valence-corrected chi connectivity index (χ2v) is 5.12. The van der Waals surface area contributed by atoms with Crippen LogP contribution in [0.5, 0.6) is 5.75 Å². The number of hydrogen-bond acceptors (Lipinski definition) is 2. The molecule has 0 spiro atoms. The lowest BCUT2D eigenvalue weighted by molar-refractivity contribution is 0.138. The highest BCUT2D eigenvalue weighted by atomic mass is 19.1. The predicted octanol–water partition coefficient (Wildman–Crippen LogP) is 2.93. The highest BCUT2D eigenvalue weighted by Gasteiger charge is 2.25. The minimum Gasteiger partial charge on any atom is -0.490 e. The van der Waals surface area contributed by atoms with E-state index in [0.29, 0.717) is 5.92 Å². The molecule has 1 heterocycles. The Balaban J connectivity index is 1.92. The highest BCUT2D eigenvalue weighted by molar-refractivity contribution is 5.37. The van der Waals surface area contributed by atoms with Crippen LogP contribution in [0.1, 0.15) is 32.3 Å². The third-order valence-corrected chi connectivity index (χ3v) is 3.17. The van der Waals surface area contributed by atoms with Gasteiger partial charge in [-0.1, -0.05) is 6.92 Å². The first-order chi connectivity index (χ1) is 8.04. The van der Waals surface area contributed by atoms with Gasteiger partial charge in [0.25, 0.3) is 0 Å². The second-order valence-electron chi connectivity index (χ2n) is 5.12. The molecule has 0 radical (unpaired) electrons. The molecule has 0 bridgehead atoms. The Morgan fingerprint density at radius 1 is 1.47 bits per heavy atom. The molecular formula is C14H19FO2. The molecule has 17 heavy (non-hydrogen) atoms. The fourth-order valence-corrected chi connectivity index (χ4v) is 2.55. The van der Waals surface area contributed by atoms with Crippen molar-refractivity contribution < 1.29 is 14.2 Å². The molecule has 3 atom stereocenters. The van der Waals surface area contributed by atoms with Crippen molar-refractivity contribution in [2.75, 3.05) is 0 Å². The van der Waals surface area contributed by atoms with Gasteiger partial charge in [0.1, 0.15) is 17.7 Å². The van der Waals surface area contributed by atoms with Crippen molar-refractivity contribution in [3.8, 4) is 5.75 Å². The first-order valence-electron chi connectivity index (χ1n) is 6.17. The van der Waals surface area contributed by atoms with Gasteiger partial charge in [0, 0.05) is 12.0 Å². The van der Waals surface area contributed by atoms with Gasteiger partial charge in [-0.25, -0.2) is 4.39 Å². The maximum atomic E-state index is 13.0. The Labute approximate surface area is 101 Å². The largest absolute Gasteiger partial charge is 0.490 e. The Morgan fingerprint density at radius 3 is 2.94 bits per heavy atom. The van der Waals surface area contributed by atoms with Crippen LogP contribution in [0, 0.1) is 11.7 Å². The van der Waals surface area contributed by atoms with E-state index in [1.807, 2.05) is 0 Å². The van der Waals surface area contributed by atoms with Gasteiger partial charge >= 0.3 is 0 Å². The summed E-state index contributed by atoms with van der Waals surface area (Å²) < 4.78 is 18.8. The topological polar surface area (TPSA) is 29.5 Å². The van der Waals surface area contributed by atoms with Crippen molar-refractivity contribution in [2.45, 2.75) is 45.3 Å². The summed E-state index contributed by atoms with van der Waals surface area (Å²) in [5.74, 6) is 1.02. The number of hydrogen-bond donors (Lipinski definition) is 1. The maximum Gasteiger partial charge on any atom is 0.123 e. The molecule has 1 aliphatic heterocycles. The van der Waals surface area contributed by atoms with Crippen LogP contribution in [-0.2, 0) is 6.42 Å². The van der Waals surface area contributed by atoms with Gasteiger partial charge in [0.15, 0.2) is 0 Å². The summed E-state index contributed by atoms with van der Waals surface area (Å²) in [6, 6.07) is 4.68. The summed E-state index contributed by atoms with van der Waals surface area (Å²) in [5.41, 5.74) is 0.958. The second kappa shape index (κ2) is 5.05. The SMILES string of the molecule is CC(O)CC(C)CC1Cc2cc(F)ccc2O1. The van der Waals surface area contributed by atoms with Crippen LogP contribution in [0.4, 0.5) is 4.39 Å². The zero-order valence-corrected chi connectivity index (χ0v) is 10.3. The molecule has 3 unspecified atom stereocenters. The normalized spacial score (nSPS) is 21.8. The Bertz CT molecular complexity index is 390. The molecular weight excluding hydrogens is 219 g/mol. The number of ether oxygens (including phenoxy) is 1. The number of halogens is 1. The van der Waals surface area contributed by atoms with Crippen LogP contribution >= 0.6 is 0 Å². The Hall–Kier alpha value is -1.09. The molecule has 0 aliphatic carbocycles. The summed E-state index contributed by atoms with van der Waals surface area (Å²) in [6.07, 6.45) is 2.31. The highest BCUT2D eigenvalue weighted by Crippen LogP contribution is 2.32. The molecule has 0 saturated carbocycles. The lowest BCUT2D eigenvalue weighted by Crippen LogP contribution is -2.19. The van der Waals surface area contributed by atoms with Crippen molar-refractivity contribution in [1.82, 2.24) is 0 Å². The van der Waals surface area contributed by atoms with E-state index in [1.54, 1.807) is 19.1 Å². The van der Waals surface area contributed by atoms with E-state index in [0.717, 1.165) is 30.6 Å². The zero-order valence-electron chi connectivity index (χ0n) is 10.3. The minimum absolute atomic E-state index is 0.126. The van der Waals surface area contributed by atoms with E-state index < -0.39 is 0 Å². The van der Waals surface area contributed by atoms with Crippen molar-refractivity contribution in [3.05, 3.63) is 29.6 Å². The lowest BCUT2D eigenvalue weighted by Gasteiger charge is -2.17. The fraction of sp³-hybridized carbons (Fsp3) is 0.571. The predicted molar refractivity (Wildman–Crippen MR) is 64.6 cm³/mol. The molecule has 1 aromatic rings. The van der Waals surface area contributed by atoms with E-state index in [1.165, 1.54) is 6.07 Å². The van der Waals surface area contributed by atoms with Crippen molar-refractivity contribution >= 4 is 0 Å². The molecule has 2 rings (SSSR count). The Morgan fingerprint density at radius 2 is 2.24 bits per heavy atom. The van der Waals surface area contributed by atoms with Gasteiger partial charge in [0.05, 0.1) is 6.10 Å². The van der Waals surface area contributed by atoms with Crippen molar-refractivity contribution in [1.29, 1.82) is 0 Å². The van der Waals surface area contributed by atoms with Crippen LogP contribution in [0.2, 0.25) is 0 Å². The van der Waals surface area contributed by atoms with E-state index in [4.69, 9.17) is 4.74 Å². The first kappa shape index (κ1) is 12.4. The zero-order chi connectivity index (χ0) is 12.4. The number of fused-ring (bicyclic) bond motifs is 1. The van der Waals surface area contributed by atoms with E-state index in [-0.39, 0.29) is 18.0 Å². The van der Waals surface area contributed by atoms with Gasteiger partial charge in [0.2, 0.25) is 0 Å². The third-order valence-electron chi connectivity index (χ3n) is 3.17. The first-order valence-corrected chi connectivity index (χ1v) is 6.17. The van der Waals surface area contributed by atoms with Gasteiger partial charge in [-0.3, -0.25) is 0 Å². The molecule has 2 nitrogen and oxygen atoms in total. The summed E-state index contributed by atoms with van der Waals surface area (Å²) in [7, 11) is 0. The summed E-state index contributed by atoms with van der Waals surface area (Å²) in [6.45, 7) is 3.91. The van der Waals surface area contributed by atoms with Crippen LogP contribution in [0.25, 0.3) is 0 Å². The molecule has 1 N–H and O–H groups in total. The quantitative estimate of drug-likeness (QED) is 0.874. The third kappa shape index (κ3) is 3.19. The van der Waals surface area contributed by atoms with E-state index in [9.17, 15) is 9.50 Å². The molecule has 0 fully saturated rings. The maximum absolute atomic E-state index is 13.0. The molecule has 1 aliphatic rings. The summed E-state index contributed by atoms with van der Waals surface area (Å²) in [5, 5.41) is 9.32. The van der Waals surface area contributed by atoms with Crippen LogP contribution in [-0.4, -0.2) is 17.3 Å². The number of aliphatic hydroxyl groups excluding tert-OH is 1. The monoisotopic (exact) mass is 238 g/mol. The van der Waals surface area contributed by atoms with Crippen LogP contribution in [0.3, 0.4) is 0 Å². The minimum atomic E-state index is -0.272. The molecule has 0 saturated heterocycles. The van der Waals surface area contributed by atoms with Crippen molar-refractivity contribution in [3.63, 3.8) is 0 Å². The Kier molecular flexibility index (Phi) is 3.67. The van der Waals surface area contributed by atoms with Gasteiger partial charge in [-0.05, 0) is 43.9 Å². The number of rotatable bonds is 4. The molecule has 0 amide bonds. The van der Waals surface area contributed by atoms with Gasteiger partial charge in [-0.15, -0.1) is 0 Å². The standard InChI is InChI=1S/C14H19FO2/c1-9(5-10(2)16)6-13-8-11-7-12(15)3-4-14(11)17-13/h3-4,7,9-10,13,16H,5-6,8H2,1-2H3. The number of benzene rings is 1. The number of aliphatic hydroxyl groups is 1.